The Kier molecular flexibility index (Phi) is 6.05. The Labute approximate surface area is 158 Å². The lowest BCUT2D eigenvalue weighted by atomic mass is 10.0. The molecule has 3 rings (SSSR count). The zero-order valence-corrected chi connectivity index (χ0v) is 15.8. The monoisotopic (exact) mass is 380 g/mol. The molecule has 0 spiro atoms. The molecule has 0 unspecified atom stereocenters. The van der Waals surface area contributed by atoms with Crippen molar-refractivity contribution in [3.63, 3.8) is 0 Å². The van der Waals surface area contributed by atoms with Crippen LogP contribution >= 0.6 is 23.2 Å². The number of hydrogen-bond donors (Lipinski definition) is 0. The number of piperidine rings is 1. The molecular weight excluding hydrogens is 359 g/mol. The molecule has 1 fully saturated rings. The minimum absolute atomic E-state index is 0.0287. The maximum absolute atomic E-state index is 13.1. The van der Waals surface area contributed by atoms with E-state index in [2.05, 4.69) is 11.9 Å². The first kappa shape index (κ1) is 18.3. The standard InChI is InChI=1S/C19H22Cl2N2O2/c1-22-9-7-14(8-10-22)23(13-15-4-3-11-25-15)19(24)12-16-17(20)5-2-6-18(16)21/h2-6,11,14H,7-10,12-13H2,1H3. The number of likely N-dealkylation sites (tertiary alicyclic amines) is 1. The fourth-order valence-electron chi connectivity index (χ4n) is 3.25. The van der Waals surface area contributed by atoms with E-state index in [1.165, 1.54) is 0 Å². The largest absolute Gasteiger partial charge is 0.467 e. The molecule has 1 amide bonds. The normalized spacial score (nSPS) is 16.1. The van der Waals surface area contributed by atoms with Gasteiger partial charge in [-0.1, -0.05) is 29.3 Å². The van der Waals surface area contributed by atoms with Crippen LogP contribution in [0.2, 0.25) is 10.0 Å². The van der Waals surface area contributed by atoms with Crippen LogP contribution in [-0.2, 0) is 17.8 Å². The van der Waals surface area contributed by atoms with Gasteiger partial charge in [0.2, 0.25) is 5.91 Å². The van der Waals surface area contributed by atoms with Gasteiger partial charge in [-0.25, -0.2) is 0 Å². The molecular formula is C19H22Cl2N2O2. The van der Waals surface area contributed by atoms with Crippen LogP contribution in [-0.4, -0.2) is 41.9 Å². The highest BCUT2D eigenvalue weighted by Gasteiger charge is 2.28. The van der Waals surface area contributed by atoms with Crippen molar-refractivity contribution in [2.24, 2.45) is 0 Å². The maximum Gasteiger partial charge on any atom is 0.227 e. The van der Waals surface area contributed by atoms with Gasteiger partial charge in [0, 0.05) is 16.1 Å². The van der Waals surface area contributed by atoms with Gasteiger partial charge in [0.1, 0.15) is 5.76 Å². The summed E-state index contributed by atoms with van der Waals surface area (Å²) in [7, 11) is 2.11. The fourth-order valence-corrected chi connectivity index (χ4v) is 3.78. The summed E-state index contributed by atoms with van der Waals surface area (Å²) in [6.07, 6.45) is 3.75. The summed E-state index contributed by atoms with van der Waals surface area (Å²) in [5.41, 5.74) is 0.688. The van der Waals surface area contributed by atoms with Gasteiger partial charge in [-0.05, 0) is 62.8 Å². The molecule has 2 heterocycles. The number of furan rings is 1. The van der Waals surface area contributed by atoms with Gasteiger partial charge in [-0.3, -0.25) is 4.79 Å². The lowest BCUT2D eigenvalue weighted by Crippen LogP contribution is -2.46. The lowest BCUT2D eigenvalue weighted by Gasteiger charge is -2.37. The number of nitrogens with zero attached hydrogens (tertiary/aromatic N) is 2. The molecule has 0 saturated carbocycles. The number of carbonyl (C=O) groups is 1. The summed E-state index contributed by atoms with van der Waals surface area (Å²) in [6.45, 7) is 2.45. The van der Waals surface area contributed by atoms with Crippen LogP contribution in [0.4, 0.5) is 0 Å². The van der Waals surface area contributed by atoms with Crippen LogP contribution in [0.25, 0.3) is 0 Å². The summed E-state index contributed by atoms with van der Waals surface area (Å²) in [4.78, 5) is 17.3. The molecule has 0 atom stereocenters. The number of halogens is 2. The minimum atomic E-state index is 0.0287. The number of benzene rings is 1. The topological polar surface area (TPSA) is 36.7 Å². The molecule has 25 heavy (non-hydrogen) atoms. The molecule has 1 aromatic heterocycles. The molecule has 1 aliphatic heterocycles. The molecule has 1 aliphatic rings. The minimum Gasteiger partial charge on any atom is -0.467 e. The zero-order valence-electron chi connectivity index (χ0n) is 14.3. The van der Waals surface area contributed by atoms with Crippen molar-refractivity contribution in [3.8, 4) is 0 Å². The molecule has 4 nitrogen and oxygen atoms in total. The van der Waals surface area contributed by atoms with E-state index in [9.17, 15) is 4.79 Å². The molecule has 134 valence electrons. The van der Waals surface area contributed by atoms with Crippen LogP contribution in [0.3, 0.4) is 0 Å². The summed E-state index contributed by atoms with van der Waals surface area (Å²) in [6, 6.07) is 9.27. The molecule has 0 aliphatic carbocycles. The predicted octanol–water partition coefficient (Wildman–Crippen LogP) is 4.25. The quantitative estimate of drug-likeness (QED) is 0.777. The van der Waals surface area contributed by atoms with Crippen molar-refractivity contribution in [3.05, 3.63) is 58.0 Å². The third-order valence-electron chi connectivity index (χ3n) is 4.75. The number of rotatable bonds is 5. The Balaban J connectivity index is 1.79. The number of hydrogen-bond acceptors (Lipinski definition) is 3. The Morgan fingerprint density at radius 2 is 1.88 bits per heavy atom. The molecule has 6 heteroatoms. The first-order chi connectivity index (χ1) is 12.0. The van der Waals surface area contributed by atoms with E-state index in [0.717, 1.165) is 31.7 Å². The summed E-state index contributed by atoms with van der Waals surface area (Å²) in [5, 5.41) is 1.06. The van der Waals surface area contributed by atoms with E-state index in [1.54, 1.807) is 24.5 Å². The van der Waals surface area contributed by atoms with Crippen molar-refractivity contribution in [1.82, 2.24) is 9.80 Å². The Morgan fingerprint density at radius 3 is 2.48 bits per heavy atom. The highest BCUT2D eigenvalue weighted by Crippen LogP contribution is 2.27. The zero-order chi connectivity index (χ0) is 17.8. The summed E-state index contributed by atoms with van der Waals surface area (Å²) >= 11 is 12.5. The van der Waals surface area contributed by atoms with Crippen LogP contribution < -0.4 is 0 Å². The second-order valence-electron chi connectivity index (χ2n) is 6.51. The van der Waals surface area contributed by atoms with Gasteiger partial charge >= 0.3 is 0 Å². The van der Waals surface area contributed by atoms with E-state index in [1.807, 2.05) is 17.0 Å². The van der Waals surface area contributed by atoms with E-state index < -0.39 is 0 Å². The Hall–Kier alpha value is -1.49. The number of carbonyl (C=O) groups excluding carboxylic acids is 1. The van der Waals surface area contributed by atoms with Gasteiger partial charge in [0.25, 0.3) is 0 Å². The second kappa shape index (κ2) is 8.26. The highest BCUT2D eigenvalue weighted by molar-refractivity contribution is 6.36. The molecule has 0 radical (unpaired) electrons. The molecule has 1 aromatic carbocycles. The SMILES string of the molecule is CN1CCC(N(Cc2ccco2)C(=O)Cc2c(Cl)cccc2Cl)CC1. The molecule has 1 saturated heterocycles. The molecule has 0 N–H and O–H groups in total. The van der Waals surface area contributed by atoms with Crippen molar-refractivity contribution >= 4 is 29.1 Å². The van der Waals surface area contributed by atoms with Crippen LogP contribution in [0.5, 0.6) is 0 Å². The average Bonchev–Trinajstić information content (AvgIpc) is 3.10. The number of amides is 1. The van der Waals surface area contributed by atoms with Crippen molar-refractivity contribution < 1.29 is 9.21 Å². The average molecular weight is 381 g/mol. The fraction of sp³-hybridized carbons (Fsp3) is 0.421. The maximum atomic E-state index is 13.1. The highest BCUT2D eigenvalue weighted by atomic mass is 35.5. The van der Waals surface area contributed by atoms with Gasteiger partial charge in [-0.15, -0.1) is 0 Å². The van der Waals surface area contributed by atoms with Crippen LogP contribution in [0, 0.1) is 0 Å². The van der Waals surface area contributed by atoms with Crippen LogP contribution in [0.15, 0.2) is 41.0 Å². The smallest absolute Gasteiger partial charge is 0.227 e. The van der Waals surface area contributed by atoms with Crippen molar-refractivity contribution in [1.29, 1.82) is 0 Å². The van der Waals surface area contributed by atoms with E-state index in [0.29, 0.717) is 22.2 Å². The van der Waals surface area contributed by atoms with E-state index >= 15 is 0 Å². The Bertz CT molecular complexity index is 690. The Morgan fingerprint density at radius 1 is 1.20 bits per heavy atom. The van der Waals surface area contributed by atoms with Crippen LogP contribution in [0.1, 0.15) is 24.2 Å². The predicted molar refractivity (Wildman–Crippen MR) is 99.9 cm³/mol. The van der Waals surface area contributed by atoms with Gasteiger partial charge in [0.05, 0.1) is 19.2 Å². The molecule has 0 bridgehead atoms. The van der Waals surface area contributed by atoms with Gasteiger partial charge < -0.3 is 14.2 Å². The first-order valence-electron chi connectivity index (χ1n) is 8.48. The van der Waals surface area contributed by atoms with Crippen molar-refractivity contribution in [2.45, 2.75) is 31.8 Å². The second-order valence-corrected chi connectivity index (χ2v) is 7.33. The van der Waals surface area contributed by atoms with Gasteiger partial charge in [0.15, 0.2) is 0 Å². The third kappa shape index (κ3) is 4.57. The summed E-state index contributed by atoms with van der Waals surface area (Å²) in [5.74, 6) is 0.818. The first-order valence-corrected chi connectivity index (χ1v) is 9.23. The van der Waals surface area contributed by atoms with Crippen molar-refractivity contribution in [2.75, 3.05) is 20.1 Å². The van der Waals surface area contributed by atoms with E-state index in [-0.39, 0.29) is 18.4 Å². The third-order valence-corrected chi connectivity index (χ3v) is 5.45. The molecule has 2 aromatic rings. The van der Waals surface area contributed by atoms with E-state index in [4.69, 9.17) is 27.6 Å². The lowest BCUT2D eigenvalue weighted by molar-refractivity contribution is -0.134. The summed E-state index contributed by atoms with van der Waals surface area (Å²) < 4.78 is 5.47. The van der Waals surface area contributed by atoms with Gasteiger partial charge in [-0.2, -0.15) is 0 Å².